The number of hydrogen-bond acceptors (Lipinski definition) is 5. The maximum absolute atomic E-state index is 10.1. The van der Waals surface area contributed by atoms with Crippen molar-refractivity contribution in [2.45, 2.75) is 30.8 Å². The Morgan fingerprint density at radius 1 is 1.19 bits per heavy atom. The molecule has 1 aromatic rings. The van der Waals surface area contributed by atoms with Crippen LogP contribution in [0.5, 0.6) is 0 Å². The molecular formula is C21H18BrN5. The summed E-state index contributed by atoms with van der Waals surface area (Å²) in [4.78, 5) is 2.31. The number of nitrogens with two attached hydrogens (primary N) is 1. The summed E-state index contributed by atoms with van der Waals surface area (Å²) in [6.07, 6.45) is 4.11. The third-order valence-electron chi connectivity index (χ3n) is 6.46. The number of fused-ring (bicyclic) bond motifs is 4. The Morgan fingerprint density at radius 3 is 2.52 bits per heavy atom. The molecule has 5 nitrogen and oxygen atoms in total. The van der Waals surface area contributed by atoms with Crippen LogP contribution in [0.4, 0.5) is 0 Å². The minimum atomic E-state index is -1.58. The number of benzene rings is 1. The fourth-order valence-electron chi connectivity index (χ4n) is 5.16. The van der Waals surface area contributed by atoms with Gasteiger partial charge in [-0.25, -0.2) is 0 Å². The molecule has 1 fully saturated rings. The molecule has 2 bridgehead atoms. The van der Waals surface area contributed by atoms with Crippen molar-refractivity contribution in [2.75, 3.05) is 7.05 Å². The SMILES string of the molecule is CN1[C@@H]2CC[C@@H]1C=C1C(C#N)=C(N)C(C#N)(C#N)[C@@H](c3ccccc3Br)[C@@H]12. The first-order valence-corrected chi connectivity index (χ1v) is 9.70. The molecule has 1 saturated heterocycles. The van der Waals surface area contributed by atoms with Crippen molar-refractivity contribution in [3.8, 4) is 18.2 Å². The van der Waals surface area contributed by atoms with Gasteiger partial charge in [-0.1, -0.05) is 40.2 Å². The van der Waals surface area contributed by atoms with E-state index < -0.39 is 11.3 Å². The zero-order chi connectivity index (χ0) is 19.3. The summed E-state index contributed by atoms with van der Waals surface area (Å²) in [6.45, 7) is 0. The van der Waals surface area contributed by atoms with E-state index in [1.54, 1.807) is 0 Å². The highest BCUT2D eigenvalue weighted by Crippen LogP contribution is 2.58. The van der Waals surface area contributed by atoms with Crippen LogP contribution >= 0.6 is 15.9 Å². The predicted molar refractivity (Wildman–Crippen MR) is 104 cm³/mol. The van der Waals surface area contributed by atoms with Gasteiger partial charge in [-0.15, -0.1) is 0 Å². The van der Waals surface area contributed by atoms with E-state index in [0.717, 1.165) is 28.5 Å². The average Bonchev–Trinajstić information content (AvgIpc) is 2.91. The molecule has 0 saturated carbocycles. The molecule has 1 aromatic carbocycles. The fourth-order valence-corrected chi connectivity index (χ4v) is 5.69. The summed E-state index contributed by atoms with van der Waals surface area (Å²) in [5, 5.41) is 30.1. The zero-order valence-corrected chi connectivity index (χ0v) is 16.4. The van der Waals surface area contributed by atoms with Gasteiger partial charge >= 0.3 is 0 Å². The normalized spacial score (nSPS) is 31.3. The topological polar surface area (TPSA) is 101 Å². The molecule has 0 unspecified atom stereocenters. The maximum atomic E-state index is 10.1. The second-order valence-electron chi connectivity index (χ2n) is 7.46. The molecule has 134 valence electrons. The molecule has 3 aliphatic rings. The van der Waals surface area contributed by atoms with Crippen molar-refractivity contribution in [3.05, 3.63) is 57.2 Å². The van der Waals surface area contributed by atoms with Gasteiger partial charge in [-0.05, 0) is 37.1 Å². The van der Waals surface area contributed by atoms with Crippen molar-refractivity contribution < 1.29 is 0 Å². The van der Waals surface area contributed by atoms with Gasteiger partial charge in [0.2, 0.25) is 0 Å². The summed E-state index contributed by atoms with van der Waals surface area (Å²) >= 11 is 3.60. The largest absolute Gasteiger partial charge is 0.399 e. The van der Waals surface area contributed by atoms with Gasteiger partial charge in [-0.3, -0.25) is 4.90 Å². The molecule has 4 atom stereocenters. The minimum Gasteiger partial charge on any atom is -0.399 e. The first-order valence-electron chi connectivity index (χ1n) is 8.91. The van der Waals surface area contributed by atoms with Crippen LogP contribution in [-0.4, -0.2) is 24.0 Å². The minimum absolute atomic E-state index is 0.0854. The molecule has 0 amide bonds. The molecule has 27 heavy (non-hydrogen) atoms. The second kappa shape index (κ2) is 6.24. The molecule has 4 rings (SSSR count). The van der Waals surface area contributed by atoms with Crippen molar-refractivity contribution in [1.82, 2.24) is 4.90 Å². The van der Waals surface area contributed by atoms with E-state index in [9.17, 15) is 15.8 Å². The smallest absolute Gasteiger partial charge is 0.191 e. The van der Waals surface area contributed by atoms with Crippen LogP contribution < -0.4 is 5.73 Å². The third-order valence-corrected chi connectivity index (χ3v) is 7.19. The number of allylic oxidation sites excluding steroid dienone is 2. The van der Waals surface area contributed by atoms with E-state index in [0.29, 0.717) is 5.57 Å². The van der Waals surface area contributed by atoms with Crippen LogP contribution in [0, 0.1) is 45.3 Å². The Labute approximate surface area is 167 Å². The Balaban J connectivity index is 2.08. The Morgan fingerprint density at radius 2 is 1.89 bits per heavy atom. The average molecular weight is 420 g/mol. The van der Waals surface area contributed by atoms with E-state index in [1.165, 1.54) is 0 Å². The van der Waals surface area contributed by atoms with Crippen LogP contribution in [0.15, 0.2) is 51.7 Å². The number of nitriles is 3. The van der Waals surface area contributed by atoms with Crippen LogP contribution in [0.3, 0.4) is 0 Å². The lowest BCUT2D eigenvalue weighted by Crippen LogP contribution is -2.51. The van der Waals surface area contributed by atoms with Gasteiger partial charge in [0, 0.05) is 28.4 Å². The molecule has 0 spiro atoms. The van der Waals surface area contributed by atoms with Crippen LogP contribution in [-0.2, 0) is 0 Å². The highest BCUT2D eigenvalue weighted by atomic mass is 79.9. The molecule has 2 N–H and O–H groups in total. The molecular weight excluding hydrogens is 402 g/mol. The van der Waals surface area contributed by atoms with Gasteiger partial charge in [0.1, 0.15) is 6.07 Å². The third kappa shape index (κ3) is 2.23. The fraction of sp³-hybridized carbons (Fsp3) is 0.381. The lowest BCUT2D eigenvalue weighted by atomic mass is 9.56. The monoisotopic (exact) mass is 419 g/mol. The highest BCUT2D eigenvalue weighted by molar-refractivity contribution is 9.10. The first kappa shape index (κ1) is 17.8. The number of nitrogens with zero attached hydrogens (tertiary/aromatic N) is 4. The van der Waals surface area contributed by atoms with Crippen molar-refractivity contribution in [1.29, 1.82) is 15.8 Å². The van der Waals surface area contributed by atoms with Crippen LogP contribution in [0.25, 0.3) is 0 Å². The van der Waals surface area contributed by atoms with Crippen LogP contribution in [0.2, 0.25) is 0 Å². The standard InChI is InChI=1S/C21H18BrN5/c1-27-12-6-7-17(27)18-14(8-12)15(9-23)20(26)21(10-24,11-25)19(18)13-4-2-3-5-16(13)22/h2-5,8,12,17-19H,6-7,26H2,1H3/t12-,17-,18+,19+/m1/s1. The van der Waals surface area contributed by atoms with E-state index >= 15 is 0 Å². The van der Waals surface area contributed by atoms with E-state index in [2.05, 4.69) is 52.2 Å². The molecule has 0 aromatic heterocycles. The number of halogens is 1. The summed E-state index contributed by atoms with van der Waals surface area (Å²) in [6, 6.07) is 14.7. The predicted octanol–water partition coefficient (Wildman–Crippen LogP) is 3.34. The van der Waals surface area contributed by atoms with Crippen molar-refractivity contribution in [3.63, 3.8) is 0 Å². The van der Waals surface area contributed by atoms with Crippen molar-refractivity contribution >= 4 is 15.9 Å². The first-order chi connectivity index (χ1) is 13.0. The lowest BCUT2D eigenvalue weighted by molar-refractivity contribution is 0.160. The molecule has 6 heteroatoms. The van der Waals surface area contributed by atoms with Gasteiger partial charge in [-0.2, -0.15) is 15.8 Å². The highest BCUT2D eigenvalue weighted by Gasteiger charge is 2.58. The molecule has 2 aliphatic heterocycles. The van der Waals surface area contributed by atoms with E-state index in [-0.39, 0.29) is 23.7 Å². The molecule has 0 radical (unpaired) electrons. The number of rotatable bonds is 1. The van der Waals surface area contributed by atoms with E-state index in [1.807, 2.05) is 24.3 Å². The van der Waals surface area contributed by atoms with Gasteiger partial charge < -0.3 is 5.73 Å². The lowest BCUT2D eigenvalue weighted by Gasteiger charge is -2.48. The molecule has 1 aliphatic carbocycles. The van der Waals surface area contributed by atoms with E-state index in [4.69, 9.17) is 5.73 Å². The Bertz CT molecular complexity index is 989. The van der Waals surface area contributed by atoms with Crippen molar-refractivity contribution in [2.24, 2.45) is 17.1 Å². The maximum Gasteiger partial charge on any atom is 0.191 e. The quantitative estimate of drug-likeness (QED) is 0.751. The van der Waals surface area contributed by atoms with Gasteiger partial charge in [0.15, 0.2) is 5.41 Å². The Hall–Kier alpha value is -2.59. The number of likely N-dealkylation sites (N-methyl/N-ethyl adjacent to an activating group) is 1. The van der Waals surface area contributed by atoms with Crippen LogP contribution in [0.1, 0.15) is 24.3 Å². The summed E-state index contributed by atoms with van der Waals surface area (Å²) < 4.78 is 0.847. The summed E-state index contributed by atoms with van der Waals surface area (Å²) in [5.74, 6) is -0.577. The summed E-state index contributed by atoms with van der Waals surface area (Å²) in [7, 11) is 2.08. The van der Waals surface area contributed by atoms with Gasteiger partial charge in [0.05, 0.1) is 23.4 Å². The zero-order valence-electron chi connectivity index (χ0n) is 14.9. The number of hydrogen-bond donors (Lipinski definition) is 1. The Kier molecular flexibility index (Phi) is 4.11. The second-order valence-corrected chi connectivity index (χ2v) is 8.31. The summed E-state index contributed by atoms with van der Waals surface area (Å²) in [5.41, 5.74) is 6.98. The van der Waals surface area contributed by atoms with Gasteiger partial charge in [0.25, 0.3) is 0 Å². The molecule has 2 heterocycles.